The van der Waals surface area contributed by atoms with Crippen LogP contribution in [0.4, 0.5) is 0 Å². The van der Waals surface area contributed by atoms with Crippen LogP contribution < -0.4 is 0 Å². The zero-order chi connectivity index (χ0) is 12.2. The Morgan fingerprint density at radius 1 is 1.19 bits per heavy atom. The lowest BCUT2D eigenvalue weighted by Crippen LogP contribution is -2.13. The summed E-state index contributed by atoms with van der Waals surface area (Å²) >= 11 is 0. The van der Waals surface area contributed by atoms with Gasteiger partial charge in [0.1, 0.15) is 6.10 Å². The summed E-state index contributed by atoms with van der Waals surface area (Å²) < 4.78 is 5.19. The van der Waals surface area contributed by atoms with Crippen molar-refractivity contribution in [3.63, 3.8) is 0 Å². The van der Waals surface area contributed by atoms with E-state index in [1.807, 2.05) is 13.0 Å². The number of esters is 1. The number of unbranched alkanes of at least 4 members (excludes halogenated alkanes) is 4. The SMILES string of the molecule is C=CCCCCCCC(=O)OC(C)CC=C. The molecule has 0 amide bonds. The standard InChI is InChI=1S/C14H24O2/c1-4-6-7-8-9-10-12-14(15)16-13(3)11-5-2/h4-5,13H,1-2,6-12H2,3H3. The van der Waals surface area contributed by atoms with E-state index in [4.69, 9.17) is 4.74 Å². The maximum Gasteiger partial charge on any atom is 0.306 e. The molecule has 0 aromatic heterocycles. The van der Waals surface area contributed by atoms with Gasteiger partial charge in [-0.05, 0) is 26.2 Å². The van der Waals surface area contributed by atoms with Crippen LogP contribution in [0.1, 0.15) is 51.9 Å². The zero-order valence-corrected chi connectivity index (χ0v) is 10.4. The Hall–Kier alpha value is -1.05. The molecule has 16 heavy (non-hydrogen) atoms. The second-order valence-electron chi connectivity index (χ2n) is 4.07. The molecule has 0 radical (unpaired) electrons. The first-order valence-corrected chi connectivity index (χ1v) is 6.12. The van der Waals surface area contributed by atoms with Crippen molar-refractivity contribution in [1.82, 2.24) is 0 Å². The van der Waals surface area contributed by atoms with E-state index in [1.165, 1.54) is 12.8 Å². The van der Waals surface area contributed by atoms with E-state index in [1.54, 1.807) is 6.08 Å². The summed E-state index contributed by atoms with van der Waals surface area (Å²) in [5, 5.41) is 0. The van der Waals surface area contributed by atoms with Gasteiger partial charge in [-0.15, -0.1) is 13.2 Å². The van der Waals surface area contributed by atoms with Crippen LogP contribution in [0.5, 0.6) is 0 Å². The predicted molar refractivity (Wildman–Crippen MR) is 68.3 cm³/mol. The summed E-state index contributed by atoms with van der Waals surface area (Å²) in [6.07, 6.45) is 10.4. The van der Waals surface area contributed by atoms with E-state index in [-0.39, 0.29) is 12.1 Å². The van der Waals surface area contributed by atoms with E-state index in [9.17, 15) is 4.79 Å². The van der Waals surface area contributed by atoms with Crippen LogP contribution in [-0.2, 0) is 9.53 Å². The molecule has 1 atom stereocenters. The van der Waals surface area contributed by atoms with E-state index >= 15 is 0 Å². The van der Waals surface area contributed by atoms with Crippen molar-refractivity contribution in [2.45, 2.75) is 58.0 Å². The van der Waals surface area contributed by atoms with Gasteiger partial charge in [0.15, 0.2) is 0 Å². The Balaban J connectivity index is 3.36. The molecule has 92 valence electrons. The number of ether oxygens (including phenoxy) is 1. The molecule has 2 heteroatoms. The van der Waals surface area contributed by atoms with Gasteiger partial charge in [0, 0.05) is 12.8 Å². The monoisotopic (exact) mass is 224 g/mol. The second-order valence-corrected chi connectivity index (χ2v) is 4.07. The van der Waals surface area contributed by atoms with Crippen molar-refractivity contribution in [2.75, 3.05) is 0 Å². The molecule has 0 aromatic carbocycles. The first-order chi connectivity index (χ1) is 7.70. The van der Waals surface area contributed by atoms with Gasteiger partial charge in [0.25, 0.3) is 0 Å². The summed E-state index contributed by atoms with van der Waals surface area (Å²) in [7, 11) is 0. The molecule has 0 rings (SSSR count). The molecule has 0 bridgehead atoms. The van der Waals surface area contributed by atoms with Gasteiger partial charge in [0.05, 0.1) is 0 Å². The van der Waals surface area contributed by atoms with Gasteiger partial charge >= 0.3 is 5.97 Å². The molecule has 0 saturated carbocycles. The number of allylic oxidation sites excluding steroid dienone is 1. The smallest absolute Gasteiger partial charge is 0.306 e. The summed E-state index contributed by atoms with van der Waals surface area (Å²) in [5.74, 6) is -0.0851. The van der Waals surface area contributed by atoms with Gasteiger partial charge < -0.3 is 4.74 Å². The average Bonchev–Trinajstić information content (AvgIpc) is 2.23. The third kappa shape index (κ3) is 9.50. The van der Waals surface area contributed by atoms with Crippen LogP contribution in [-0.4, -0.2) is 12.1 Å². The molecule has 2 nitrogen and oxygen atoms in total. The highest BCUT2D eigenvalue weighted by Crippen LogP contribution is 2.08. The van der Waals surface area contributed by atoms with Crippen molar-refractivity contribution < 1.29 is 9.53 Å². The van der Waals surface area contributed by atoms with Crippen molar-refractivity contribution in [1.29, 1.82) is 0 Å². The van der Waals surface area contributed by atoms with Crippen LogP contribution in [0.15, 0.2) is 25.3 Å². The lowest BCUT2D eigenvalue weighted by molar-refractivity contribution is -0.148. The number of carbonyl (C=O) groups is 1. The van der Waals surface area contributed by atoms with Crippen molar-refractivity contribution in [3.8, 4) is 0 Å². The second kappa shape index (κ2) is 10.5. The Morgan fingerprint density at radius 2 is 1.88 bits per heavy atom. The molecule has 0 aliphatic heterocycles. The molecule has 0 spiro atoms. The van der Waals surface area contributed by atoms with Crippen LogP contribution in [0.2, 0.25) is 0 Å². The average molecular weight is 224 g/mol. The van der Waals surface area contributed by atoms with Gasteiger partial charge in [0.2, 0.25) is 0 Å². The minimum absolute atomic E-state index is 0.0363. The Morgan fingerprint density at radius 3 is 2.50 bits per heavy atom. The highest BCUT2D eigenvalue weighted by Gasteiger charge is 2.07. The lowest BCUT2D eigenvalue weighted by Gasteiger charge is -2.10. The maximum absolute atomic E-state index is 11.3. The fourth-order valence-electron chi connectivity index (χ4n) is 1.48. The van der Waals surface area contributed by atoms with Gasteiger partial charge in [-0.2, -0.15) is 0 Å². The van der Waals surface area contributed by atoms with Crippen LogP contribution in [0.3, 0.4) is 0 Å². The summed E-state index contributed by atoms with van der Waals surface area (Å²) in [6, 6.07) is 0. The first-order valence-electron chi connectivity index (χ1n) is 6.12. The van der Waals surface area contributed by atoms with E-state index in [0.717, 1.165) is 25.7 Å². The third-order valence-electron chi connectivity index (χ3n) is 2.37. The third-order valence-corrected chi connectivity index (χ3v) is 2.37. The van der Waals surface area contributed by atoms with Crippen LogP contribution in [0.25, 0.3) is 0 Å². The number of rotatable bonds is 10. The quantitative estimate of drug-likeness (QED) is 0.318. The normalized spacial score (nSPS) is 11.8. The molecule has 0 N–H and O–H groups in total. The van der Waals surface area contributed by atoms with Gasteiger partial charge in [-0.3, -0.25) is 4.79 Å². The summed E-state index contributed by atoms with van der Waals surface area (Å²) in [6.45, 7) is 9.18. The number of carbonyl (C=O) groups excluding carboxylic acids is 1. The lowest BCUT2D eigenvalue weighted by atomic mass is 10.1. The fourth-order valence-corrected chi connectivity index (χ4v) is 1.48. The molecule has 0 aliphatic rings. The Bertz CT molecular complexity index is 209. The minimum atomic E-state index is -0.0851. The molecule has 1 unspecified atom stereocenters. The Labute approximate surface area is 99.4 Å². The molecule has 0 aliphatic carbocycles. The number of hydrogen-bond acceptors (Lipinski definition) is 2. The zero-order valence-electron chi connectivity index (χ0n) is 10.4. The molecule has 0 aromatic rings. The topological polar surface area (TPSA) is 26.3 Å². The first kappa shape index (κ1) is 14.9. The predicted octanol–water partition coefficient (Wildman–Crippen LogP) is 4.02. The Kier molecular flexibility index (Phi) is 9.78. The summed E-state index contributed by atoms with van der Waals surface area (Å²) in [4.78, 5) is 11.3. The van der Waals surface area contributed by atoms with Crippen LogP contribution >= 0.6 is 0 Å². The van der Waals surface area contributed by atoms with Gasteiger partial charge in [-0.25, -0.2) is 0 Å². The largest absolute Gasteiger partial charge is 0.462 e. The highest BCUT2D eigenvalue weighted by atomic mass is 16.5. The fraction of sp³-hybridized carbons (Fsp3) is 0.643. The van der Waals surface area contributed by atoms with E-state index in [2.05, 4.69) is 13.2 Å². The minimum Gasteiger partial charge on any atom is -0.462 e. The van der Waals surface area contributed by atoms with E-state index in [0.29, 0.717) is 6.42 Å². The number of hydrogen-bond donors (Lipinski definition) is 0. The van der Waals surface area contributed by atoms with Gasteiger partial charge in [-0.1, -0.05) is 25.0 Å². The molecule has 0 heterocycles. The van der Waals surface area contributed by atoms with Crippen molar-refractivity contribution in [2.24, 2.45) is 0 Å². The molecule has 0 saturated heterocycles. The highest BCUT2D eigenvalue weighted by molar-refractivity contribution is 5.69. The van der Waals surface area contributed by atoms with E-state index < -0.39 is 0 Å². The van der Waals surface area contributed by atoms with Crippen molar-refractivity contribution in [3.05, 3.63) is 25.3 Å². The molecular weight excluding hydrogens is 200 g/mol. The molecule has 0 fully saturated rings. The van der Waals surface area contributed by atoms with Crippen LogP contribution in [0, 0.1) is 0 Å². The van der Waals surface area contributed by atoms with Crippen molar-refractivity contribution >= 4 is 5.97 Å². The summed E-state index contributed by atoms with van der Waals surface area (Å²) in [5.41, 5.74) is 0. The maximum atomic E-state index is 11.3. The molecular formula is C14H24O2.